The molecule has 1 amide bonds. The van der Waals surface area contributed by atoms with Gasteiger partial charge in [0, 0.05) is 18.8 Å². The van der Waals surface area contributed by atoms with E-state index in [0.717, 1.165) is 24.5 Å². The normalized spacial score (nSPS) is 22.8. The van der Waals surface area contributed by atoms with Crippen LogP contribution in [-0.4, -0.2) is 49.3 Å². The van der Waals surface area contributed by atoms with E-state index in [4.69, 9.17) is 9.47 Å². The van der Waals surface area contributed by atoms with Crippen molar-refractivity contribution < 1.29 is 14.3 Å². The molecule has 2 rings (SSSR count). The molecule has 0 aliphatic carbocycles. The first-order valence-electron chi connectivity index (χ1n) is 7.47. The average molecular weight is 292 g/mol. The minimum atomic E-state index is 0.000426. The molecule has 1 aliphatic heterocycles. The fourth-order valence-corrected chi connectivity index (χ4v) is 2.62. The molecule has 0 unspecified atom stereocenters. The number of nitrogens with one attached hydrogen (secondary N) is 1. The summed E-state index contributed by atoms with van der Waals surface area (Å²) in [5, 5.41) is 2.91. The summed E-state index contributed by atoms with van der Waals surface area (Å²) in [5.41, 5.74) is 0.790. The van der Waals surface area contributed by atoms with Gasteiger partial charge in [-0.1, -0.05) is 0 Å². The maximum absolute atomic E-state index is 12.1. The van der Waals surface area contributed by atoms with E-state index in [9.17, 15) is 4.79 Å². The fourth-order valence-electron chi connectivity index (χ4n) is 2.62. The van der Waals surface area contributed by atoms with Crippen LogP contribution in [-0.2, 0) is 9.53 Å². The quantitative estimate of drug-likeness (QED) is 0.903. The second-order valence-corrected chi connectivity index (χ2v) is 5.46. The third-order valence-electron chi connectivity index (χ3n) is 3.31. The molecule has 1 saturated heterocycles. The highest BCUT2D eigenvalue weighted by Gasteiger charge is 2.23. The van der Waals surface area contributed by atoms with Crippen LogP contribution in [0.15, 0.2) is 24.3 Å². The summed E-state index contributed by atoms with van der Waals surface area (Å²) in [4.78, 5) is 14.2. The van der Waals surface area contributed by atoms with Gasteiger partial charge in [0.05, 0.1) is 25.4 Å². The van der Waals surface area contributed by atoms with E-state index in [0.29, 0.717) is 13.2 Å². The molecule has 0 bridgehead atoms. The van der Waals surface area contributed by atoms with Crippen LogP contribution in [0.3, 0.4) is 0 Å². The molecule has 1 aliphatic rings. The van der Waals surface area contributed by atoms with Gasteiger partial charge in [-0.25, -0.2) is 0 Å². The van der Waals surface area contributed by atoms with Gasteiger partial charge in [0.25, 0.3) is 0 Å². The van der Waals surface area contributed by atoms with Gasteiger partial charge in [-0.3, -0.25) is 9.69 Å². The molecule has 1 heterocycles. The molecule has 2 atom stereocenters. The monoisotopic (exact) mass is 292 g/mol. The average Bonchev–Trinajstić information content (AvgIpc) is 2.40. The van der Waals surface area contributed by atoms with Crippen molar-refractivity contribution in [3.05, 3.63) is 24.3 Å². The van der Waals surface area contributed by atoms with Gasteiger partial charge in [0.15, 0.2) is 0 Å². The number of benzene rings is 1. The van der Waals surface area contributed by atoms with E-state index in [-0.39, 0.29) is 18.1 Å². The smallest absolute Gasteiger partial charge is 0.238 e. The Morgan fingerprint density at radius 1 is 1.29 bits per heavy atom. The van der Waals surface area contributed by atoms with Gasteiger partial charge in [-0.15, -0.1) is 0 Å². The zero-order valence-electron chi connectivity index (χ0n) is 13.0. The molecule has 0 aromatic heterocycles. The molecule has 0 saturated carbocycles. The van der Waals surface area contributed by atoms with Crippen LogP contribution in [0.25, 0.3) is 0 Å². The Morgan fingerprint density at radius 3 is 2.48 bits per heavy atom. The summed E-state index contributed by atoms with van der Waals surface area (Å²) < 4.78 is 11.0. The highest BCUT2D eigenvalue weighted by atomic mass is 16.5. The van der Waals surface area contributed by atoms with E-state index in [1.807, 2.05) is 45.0 Å². The third kappa shape index (κ3) is 5.02. The van der Waals surface area contributed by atoms with E-state index >= 15 is 0 Å². The minimum Gasteiger partial charge on any atom is -0.494 e. The number of carbonyl (C=O) groups is 1. The van der Waals surface area contributed by atoms with Crippen molar-refractivity contribution in [1.29, 1.82) is 0 Å². The second kappa shape index (κ2) is 7.43. The van der Waals surface area contributed by atoms with E-state index in [2.05, 4.69) is 10.2 Å². The van der Waals surface area contributed by atoms with Gasteiger partial charge < -0.3 is 14.8 Å². The summed E-state index contributed by atoms with van der Waals surface area (Å²) >= 11 is 0. The summed E-state index contributed by atoms with van der Waals surface area (Å²) in [5.74, 6) is 0.812. The lowest BCUT2D eigenvalue weighted by molar-refractivity contribution is -0.121. The van der Waals surface area contributed by atoms with Crippen molar-refractivity contribution in [2.75, 3.05) is 31.6 Å². The molecule has 1 aromatic carbocycles. The van der Waals surface area contributed by atoms with Crippen molar-refractivity contribution in [3.63, 3.8) is 0 Å². The summed E-state index contributed by atoms with van der Waals surface area (Å²) in [6, 6.07) is 7.43. The predicted molar refractivity (Wildman–Crippen MR) is 82.7 cm³/mol. The number of carbonyl (C=O) groups excluding carboxylic acids is 1. The summed E-state index contributed by atoms with van der Waals surface area (Å²) in [6.07, 6.45) is 0.346. The van der Waals surface area contributed by atoms with Crippen LogP contribution in [0, 0.1) is 0 Å². The number of rotatable bonds is 5. The van der Waals surface area contributed by atoms with Gasteiger partial charge >= 0.3 is 0 Å². The highest BCUT2D eigenvalue weighted by molar-refractivity contribution is 5.92. The maximum atomic E-state index is 12.1. The molecule has 1 N–H and O–H groups in total. The number of amides is 1. The Kier molecular flexibility index (Phi) is 5.59. The van der Waals surface area contributed by atoms with Crippen molar-refractivity contribution >= 4 is 11.6 Å². The molecule has 116 valence electrons. The Balaban J connectivity index is 1.83. The number of morpholine rings is 1. The van der Waals surface area contributed by atoms with Gasteiger partial charge in [-0.2, -0.15) is 0 Å². The molecule has 5 nitrogen and oxygen atoms in total. The lowest BCUT2D eigenvalue weighted by Gasteiger charge is -2.34. The molecular weight excluding hydrogens is 268 g/mol. The second-order valence-electron chi connectivity index (χ2n) is 5.46. The van der Waals surface area contributed by atoms with Crippen molar-refractivity contribution in [2.45, 2.75) is 33.0 Å². The number of ether oxygens (including phenoxy) is 2. The van der Waals surface area contributed by atoms with Crippen LogP contribution in [0.1, 0.15) is 20.8 Å². The Morgan fingerprint density at radius 2 is 1.90 bits per heavy atom. The lowest BCUT2D eigenvalue weighted by Crippen LogP contribution is -2.48. The van der Waals surface area contributed by atoms with Gasteiger partial charge in [0.2, 0.25) is 5.91 Å². The van der Waals surface area contributed by atoms with Crippen LogP contribution in [0.4, 0.5) is 5.69 Å². The first-order chi connectivity index (χ1) is 10.1. The van der Waals surface area contributed by atoms with Crippen LogP contribution in [0.5, 0.6) is 5.75 Å². The zero-order chi connectivity index (χ0) is 15.2. The fraction of sp³-hybridized carbons (Fsp3) is 0.562. The van der Waals surface area contributed by atoms with Crippen molar-refractivity contribution in [2.24, 2.45) is 0 Å². The predicted octanol–water partition coefficient (Wildman–Crippen LogP) is 2.13. The molecule has 0 spiro atoms. The largest absolute Gasteiger partial charge is 0.494 e. The van der Waals surface area contributed by atoms with Gasteiger partial charge in [-0.05, 0) is 45.0 Å². The molecule has 0 radical (unpaired) electrons. The van der Waals surface area contributed by atoms with Crippen LogP contribution >= 0.6 is 0 Å². The van der Waals surface area contributed by atoms with Crippen LogP contribution in [0.2, 0.25) is 0 Å². The van der Waals surface area contributed by atoms with Crippen molar-refractivity contribution in [3.8, 4) is 5.75 Å². The topological polar surface area (TPSA) is 50.8 Å². The number of nitrogens with zero attached hydrogens (tertiary/aromatic N) is 1. The standard InChI is InChI=1S/C16H24N2O3/c1-4-20-15-7-5-14(6-8-15)17-16(19)11-18-9-12(2)21-13(3)10-18/h5-8,12-13H,4,9-11H2,1-3H3,(H,17,19)/t12-,13+. The van der Waals surface area contributed by atoms with E-state index in [1.54, 1.807) is 0 Å². The molecule has 1 aromatic rings. The summed E-state index contributed by atoms with van der Waals surface area (Å²) in [7, 11) is 0. The molecular formula is C16H24N2O3. The molecule has 21 heavy (non-hydrogen) atoms. The first kappa shape index (κ1) is 15.8. The molecule has 1 fully saturated rings. The van der Waals surface area contributed by atoms with Crippen LogP contribution < -0.4 is 10.1 Å². The van der Waals surface area contributed by atoms with E-state index in [1.165, 1.54) is 0 Å². The maximum Gasteiger partial charge on any atom is 0.238 e. The SMILES string of the molecule is CCOc1ccc(NC(=O)CN2C[C@@H](C)O[C@@H](C)C2)cc1. The Bertz CT molecular complexity index is 451. The van der Waals surface area contributed by atoms with E-state index < -0.39 is 0 Å². The van der Waals surface area contributed by atoms with Crippen molar-refractivity contribution in [1.82, 2.24) is 4.90 Å². The first-order valence-corrected chi connectivity index (χ1v) is 7.47. The Labute approximate surface area is 126 Å². The number of hydrogen-bond donors (Lipinski definition) is 1. The minimum absolute atomic E-state index is 0.000426. The highest BCUT2D eigenvalue weighted by Crippen LogP contribution is 2.16. The Hall–Kier alpha value is -1.59. The zero-order valence-corrected chi connectivity index (χ0v) is 13.0. The third-order valence-corrected chi connectivity index (χ3v) is 3.31. The lowest BCUT2D eigenvalue weighted by atomic mass is 10.2. The number of anilines is 1. The number of hydrogen-bond acceptors (Lipinski definition) is 4. The summed E-state index contributed by atoms with van der Waals surface area (Å²) in [6.45, 7) is 8.63. The molecule has 5 heteroatoms. The van der Waals surface area contributed by atoms with Gasteiger partial charge in [0.1, 0.15) is 5.75 Å².